The Hall–Kier alpha value is -2.86. The van der Waals surface area contributed by atoms with Gasteiger partial charge in [0.1, 0.15) is 11.8 Å². The summed E-state index contributed by atoms with van der Waals surface area (Å²) in [7, 11) is 0. The summed E-state index contributed by atoms with van der Waals surface area (Å²) in [6.45, 7) is 4.67. The lowest BCUT2D eigenvalue weighted by atomic mass is 9.93. The second kappa shape index (κ2) is 7.17. The van der Waals surface area contributed by atoms with Crippen molar-refractivity contribution in [3.8, 4) is 0 Å². The molecule has 1 unspecified atom stereocenters. The summed E-state index contributed by atoms with van der Waals surface area (Å²) < 4.78 is 5.35. The fraction of sp³-hybridized carbons (Fsp3) is 0.300. The van der Waals surface area contributed by atoms with Crippen LogP contribution in [0.5, 0.6) is 0 Å². The molecule has 0 aliphatic carbocycles. The molecule has 0 bridgehead atoms. The Kier molecular flexibility index (Phi) is 4.58. The molecule has 1 fully saturated rings. The Morgan fingerprint density at radius 2 is 2.04 bits per heavy atom. The molecule has 26 heavy (non-hydrogen) atoms. The van der Waals surface area contributed by atoms with Gasteiger partial charge >= 0.3 is 0 Å². The number of benzene rings is 1. The molecule has 1 amide bonds. The number of allylic oxidation sites excluding steroid dienone is 2. The minimum Gasteiger partial charge on any atom is -0.378 e. The molecule has 6 heteroatoms. The van der Waals surface area contributed by atoms with Crippen molar-refractivity contribution in [2.24, 2.45) is 20.9 Å². The highest BCUT2D eigenvalue weighted by Gasteiger charge is 2.34. The SMILES string of the molecule is Cc1cccc(/C=C/C2=CC=NC3=NC(N4CCOCC4)=NC(=O)C23)c1. The number of rotatable bonds is 2. The first-order valence-electron chi connectivity index (χ1n) is 8.73. The number of guanidine groups is 1. The molecule has 1 aromatic carbocycles. The molecular formula is C20H20N4O2. The van der Waals surface area contributed by atoms with Crippen LogP contribution in [0.3, 0.4) is 0 Å². The summed E-state index contributed by atoms with van der Waals surface area (Å²) in [6, 6.07) is 8.21. The van der Waals surface area contributed by atoms with Crippen molar-refractivity contribution in [2.75, 3.05) is 26.3 Å². The Balaban J connectivity index is 1.56. The number of carbonyl (C=O) groups is 1. The van der Waals surface area contributed by atoms with Crippen LogP contribution in [-0.4, -0.2) is 55.1 Å². The average Bonchev–Trinajstić information content (AvgIpc) is 2.67. The standard InChI is InChI=1S/C20H20N4O2/c1-14-3-2-4-15(13-14)5-6-16-7-8-21-18-17(16)19(25)23-20(22-18)24-9-11-26-12-10-24/h2-8,13,17H,9-12H2,1H3/b6-5+. The van der Waals surface area contributed by atoms with E-state index in [0.717, 1.165) is 11.1 Å². The molecule has 0 aromatic heterocycles. The van der Waals surface area contributed by atoms with Crippen LogP contribution < -0.4 is 0 Å². The molecular weight excluding hydrogens is 328 g/mol. The molecule has 1 atom stereocenters. The number of carbonyl (C=O) groups excluding carboxylic acids is 1. The number of morpholine rings is 1. The van der Waals surface area contributed by atoms with Crippen LogP contribution >= 0.6 is 0 Å². The number of dihydropyridines is 1. The van der Waals surface area contributed by atoms with Gasteiger partial charge < -0.3 is 9.64 Å². The van der Waals surface area contributed by atoms with Crippen molar-refractivity contribution in [3.63, 3.8) is 0 Å². The molecule has 1 saturated heterocycles. The number of amides is 1. The quantitative estimate of drug-likeness (QED) is 0.823. The maximum atomic E-state index is 12.7. The highest BCUT2D eigenvalue weighted by Crippen LogP contribution is 2.25. The van der Waals surface area contributed by atoms with E-state index in [1.165, 1.54) is 5.56 Å². The zero-order valence-corrected chi connectivity index (χ0v) is 14.6. The van der Waals surface area contributed by atoms with Gasteiger partial charge in [-0.1, -0.05) is 42.0 Å². The molecule has 6 nitrogen and oxygen atoms in total. The second-order valence-electron chi connectivity index (χ2n) is 6.44. The summed E-state index contributed by atoms with van der Waals surface area (Å²) in [5.74, 6) is 0.225. The molecule has 3 aliphatic rings. The van der Waals surface area contributed by atoms with Gasteiger partial charge in [-0.2, -0.15) is 9.98 Å². The van der Waals surface area contributed by atoms with E-state index in [0.29, 0.717) is 38.1 Å². The number of nitrogens with zero attached hydrogens (tertiary/aromatic N) is 4. The lowest BCUT2D eigenvalue weighted by Crippen LogP contribution is -2.43. The first-order chi connectivity index (χ1) is 12.7. The maximum Gasteiger partial charge on any atom is 0.264 e. The highest BCUT2D eigenvalue weighted by atomic mass is 16.5. The Morgan fingerprint density at radius 1 is 1.19 bits per heavy atom. The van der Waals surface area contributed by atoms with Gasteiger partial charge in [0.05, 0.1) is 13.2 Å². The fourth-order valence-corrected chi connectivity index (χ4v) is 3.18. The van der Waals surface area contributed by atoms with Crippen LogP contribution in [0.2, 0.25) is 0 Å². The smallest absolute Gasteiger partial charge is 0.264 e. The van der Waals surface area contributed by atoms with Gasteiger partial charge in [0.15, 0.2) is 0 Å². The van der Waals surface area contributed by atoms with Crippen LogP contribution in [-0.2, 0) is 9.53 Å². The van der Waals surface area contributed by atoms with E-state index < -0.39 is 5.92 Å². The van der Waals surface area contributed by atoms with Crippen LogP contribution in [0.25, 0.3) is 6.08 Å². The summed E-state index contributed by atoms with van der Waals surface area (Å²) in [5.41, 5.74) is 3.14. The first-order valence-corrected chi connectivity index (χ1v) is 8.73. The van der Waals surface area contributed by atoms with Gasteiger partial charge in [0.2, 0.25) is 5.96 Å². The van der Waals surface area contributed by atoms with E-state index in [2.05, 4.69) is 34.0 Å². The minimum absolute atomic E-state index is 0.214. The van der Waals surface area contributed by atoms with Gasteiger partial charge in [-0.15, -0.1) is 0 Å². The third kappa shape index (κ3) is 3.41. The molecule has 0 saturated carbocycles. The van der Waals surface area contributed by atoms with Crippen molar-refractivity contribution in [1.82, 2.24) is 4.90 Å². The number of fused-ring (bicyclic) bond motifs is 1. The van der Waals surface area contributed by atoms with Crippen LogP contribution in [0.15, 0.2) is 57.0 Å². The molecule has 4 rings (SSSR count). The summed E-state index contributed by atoms with van der Waals surface area (Å²) in [6.07, 6.45) is 7.50. The highest BCUT2D eigenvalue weighted by molar-refractivity contribution is 6.20. The van der Waals surface area contributed by atoms with E-state index in [4.69, 9.17) is 4.74 Å². The summed E-state index contributed by atoms with van der Waals surface area (Å²) in [5, 5.41) is 0. The third-order valence-corrected chi connectivity index (χ3v) is 4.54. The van der Waals surface area contributed by atoms with Crippen LogP contribution in [0.1, 0.15) is 11.1 Å². The Bertz CT molecular complexity index is 874. The number of amidine groups is 1. The second-order valence-corrected chi connectivity index (χ2v) is 6.44. The average molecular weight is 348 g/mol. The van der Waals surface area contributed by atoms with Crippen molar-refractivity contribution in [1.29, 1.82) is 0 Å². The third-order valence-electron chi connectivity index (χ3n) is 4.54. The van der Waals surface area contributed by atoms with Crippen molar-refractivity contribution >= 4 is 30.0 Å². The molecule has 132 valence electrons. The zero-order valence-electron chi connectivity index (χ0n) is 14.6. The number of aryl methyl sites for hydroxylation is 1. The normalized spacial score (nSPS) is 22.8. The molecule has 0 radical (unpaired) electrons. The molecule has 0 N–H and O–H groups in total. The number of aliphatic imine (C=N–C) groups is 3. The maximum absolute atomic E-state index is 12.7. The van der Waals surface area contributed by atoms with Gasteiger partial charge in [-0.25, -0.2) is 4.99 Å². The van der Waals surface area contributed by atoms with Gasteiger partial charge in [0, 0.05) is 19.3 Å². The van der Waals surface area contributed by atoms with Crippen molar-refractivity contribution < 1.29 is 9.53 Å². The van der Waals surface area contributed by atoms with Gasteiger partial charge in [-0.05, 0) is 24.1 Å². The number of hydrogen-bond acceptors (Lipinski definition) is 5. The summed E-state index contributed by atoms with van der Waals surface area (Å²) in [4.78, 5) is 27.7. The van der Waals surface area contributed by atoms with Crippen molar-refractivity contribution in [2.45, 2.75) is 6.92 Å². The predicted octanol–water partition coefficient (Wildman–Crippen LogP) is 2.26. The lowest BCUT2D eigenvalue weighted by molar-refractivity contribution is -0.119. The number of ether oxygens (including phenoxy) is 1. The van der Waals surface area contributed by atoms with Crippen LogP contribution in [0.4, 0.5) is 0 Å². The van der Waals surface area contributed by atoms with Crippen LogP contribution in [0, 0.1) is 12.8 Å². The van der Waals surface area contributed by atoms with E-state index in [9.17, 15) is 4.79 Å². The Morgan fingerprint density at radius 3 is 2.85 bits per heavy atom. The Labute approximate surface area is 152 Å². The molecule has 3 aliphatic heterocycles. The molecule has 0 spiro atoms. The number of hydrogen-bond donors (Lipinski definition) is 0. The zero-order chi connectivity index (χ0) is 17.9. The van der Waals surface area contributed by atoms with Gasteiger partial charge in [-0.3, -0.25) is 4.79 Å². The largest absolute Gasteiger partial charge is 0.378 e. The van der Waals surface area contributed by atoms with E-state index in [1.807, 2.05) is 35.3 Å². The van der Waals surface area contributed by atoms with E-state index in [-0.39, 0.29) is 5.91 Å². The molecule has 3 heterocycles. The predicted molar refractivity (Wildman–Crippen MR) is 103 cm³/mol. The summed E-state index contributed by atoms with van der Waals surface area (Å²) >= 11 is 0. The lowest BCUT2D eigenvalue weighted by Gasteiger charge is -2.30. The monoisotopic (exact) mass is 348 g/mol. The minimum atomic E-state index is -0.522. The van der Waals surface area contributed by atoms with E-state index in [1.54, 1.807) is 6.21 Å². The fourth-order valence-electron chi connectivity index (χ4n) is 3.18. The van der Waals surface area contributed by atoms with Gasteiger partial charge in [0.25, 0.3) is 5.91 Å². The first kappa shape index (κ1) is 16.6. The van der Waals surface area contributed by atoms with E-state index >= 15 is 0 Å². The topological polar surface area (TPSA) is 66.6 Å². The molecule has 1 aromatic rings. The van der Waals surface area contributed by atoms with Crippen molar-refractivity contribution in [3.05, 3.63) is 53.1 Å².